The Morgan fingerprint density at radius 3 is 2.92 bits per heavy atom. The molecule has 0 atom stereocenters. The molecule has 0 N–H and O–H groups in total. The Balaban J connectivity index is 1.36. The topological polar surface area (TPSA) is 58.6 Å². The van der Waals surface area contributed by atoms with Crippen molar-refractivity contribution in [3.05, 3.63) is 34.2 Å². The summed E-state index contributed by atoms with van der Waals surface area (Å²) >= 11 is 1.81. The minimum atomic E-state index is 0.113. The first-order valence-electron chi connectivity index (χ1n) is 8.70. The molecule has 6 nitrogen and oxygen atoms in total. The Kier molecular flexibility index (Phi) is 4.57. The molecule has 2 aromatic heterocycles. The molecular weight excluding hydrogens is 336 g/mol. The van der Waals surface area contributed by atoms with Crippen LogP contribution in [0.15, 0.2) is 23.7 Å². The SMILES string of the molecule is COc1ccnc(N2CCC(C(=O)N3CCc4sccc4C3)CC2)n1. The number of methoxy groups -OCH3 is 1. The monoisotopic (exact) mass is 358 g/mol. The van der Waals surface area contributed by atoms with E-state index in [1.165, 1.54) is 10.4 Å². The first-order chi connectivity index (χ1) is 12.2. The van der Waals surface area contributed by atoms with Crippen molar-refractivity contribution in [1.82, 2.24) is 14.9 Å². The van der Waals surface area contributed by atoms with Gasteiger partial charge in [-0.3, -0.25) is 4.79 Å². The summed E-state index contributed by atoms with van der Waals surface area (Å²) in [5.74, 6) is 1.68. The second kappa shape index (κ2) is 7.00. The molecular formula is C18H22N4O2S. The molecule has 1 fully saturated rings. The predicted molar refractivity (Wildman–Crippen MR) is 97.0 cm³/mol. The van der Waals surface area contributed by atoms with Gasteiger partial charge < -0.3 is 14.5 Å². The van der Waals surface area contributed by atoms with E-state index in [9.17, 15) is 4.79 Å². The number of rotatable bonds is 3. The van der Waals surface area contributed by atoms with Crippen LogP contribution >= 0.6 is 11.3 Å². The largest absolute Gasteiger partial charge is 0.481 e. The van der Waals surface area contributed by atoms with Crippen molar-refractivity contribution in [1.29, 1.82) is 0 Å². The molecule has 0 saturated carbocycles. The van der Waals surface area contributed by atoms with Crippen LogP contribution in [0, 0.1) is 5.92 Å². The third-order valence-corrected chi connectivity index (χ3v) is 6.10. The number of carbonyl (C=O) groups is 1. The number of hydrogen-bond donors (Lipinski definition) is 0. The summed E-state index contributed by atoms with van der Waals surface area (Å²) in [5.41, 5.74) is 1.33. The Morgan fingerprint density at radius 1 is 1.28 bits per heavy atom. The van der Waals surface area contributed by atoms with Crippen molar-refractivity contribution in [2.45, 2.75) is 25.8 Å². The molecule has 0 aromatic carbocycles. The lowest BCUT2D eigenvalue weighted by Crippen LogP contribution is -2.44. The Hall–Kier alpha value is -2.15. The summed E-state index contributed by atoms with van der Waals surface area (Å²) < 4.78 is 5.17. The van der Waals surface area contributed by atoms with Gasteiger partial charge in [-0.2, -0.15) is 4.98 Å². The van der Waals surface area contributed by atoms with Gasteiger partial charge in [-0.15, -0.1) is 11.3 Å². The molecule has 0 spiro atoms. The Morgan fingerprint density at radius 2 is 2.12 bits per heavy atom. The minimum absolute atomic E-state index is 0.113. The maximum absolute atomic E-state index is 12.9. The quantitative estimate of drug-likeness (QED) is 0.843. The highest BCUT2D eigenvalue weighted by molar-refractivity contribution is 7.10. The first-order valence-corrected chi connectivity index (χ1v) is 9.58. The third kappa shape index (κ3) is 3.33. The van der Waals surface area contributed by atoms with Crippen LogP contribution < -0.4 is 9.64 Å². The molecule has 2 aliphatic rings. The number of aromatic nitrogens is 2. The maximum atomic E-state index is 12.9. The highest BCUT2D eigenvalue weighted by Gasteiger charge is 2.31. The number of amides is 1. The number of thiophene rings is 1. The number of ether oxygens (including phenoxy) is 1. The smallest absolute Gasteiger partial charge is 0.228 e. The summed E-state index contributed by atoms with van der Waals surface area (Å²) in [6, 6.07) is 3.90. The number of fused-ring (bicyclic) bond motifs is 1. The average Bonchev–Trinajstić information content (AvgIpc) is 3.15. The van der Waals surface area contributed by atoms with Gasteiger partial charge in [0.05, 0.1) is 7.11 Å². The Bertz CT molecular complexity index is 755. The summed E-state index contributed by atoms with van der Waals surface area (Å²) in [7, 11) is 1.61. The van der Waals surface area contributed by atoms with Gasteiger partial charge in [-0.1, -0.05) is 0 Å². The molecule has 25 heavy (non-hydrogen) atoms. The molecule has 2 aliphatic heterocycles. The highest BCUT2D eigenvalue weighted by Crippen LogP contribution is 2.28. The summed E-state index contributed by atoms with van der Waals surface area (Å²) in [5, 5.41) is 2.13. The van der Waals surface area contributed by atoms with E-state index < -0.39 is 0 Å². The van der Waals surface area contributed by atoms with E-state index in [0.717, 1.165) is 45.4 Å². The zero-order chi connectivity index (χ0) is 17.2. The second-order valence-electron chi connectivity index (χ2n) is 6.54. The fourth-order valence-corrected chi connectivity index (χ4v) is 4.51. The van der Waals surface area contributed by atoms with Crippen molar-refractivity contribution in [3.8, 4) is 5.88 Å². The van der Waals surface area contributed by atoms with Crippen LogP contribution in [0.1, 0.15) is 23.3 Å². The van der Waals surface area contributed by atoms with Gasteiger partial charge in [0.15, 0.2) is 0 Å². The van der Waals surface area contributed by atoms with E-state index in [1.807, 2.05) is 4.90 Å². The van der Waals surface area contributed by atoms with Crippen molar-refractivity contribution in [2.75, 3.05) is 31.6 Å². The van der Waals surface area contributed by atoms with E-state index in [4.69, 9.17) is 4.74 Å². The molecule has 1 amide bonds. The van der Waals surface area contributed by atoms with Gasteiger partial charge in [0.1, 0.15) is 0 Å². The van der Waals surface area contributed by atoms with Gasteiger partial charge in [0, 0.05) is 49.2 Å². The number of anilines is 1. The van der Waals surface area contributed by atoms with E-state index in [1.54, 1.807) is 30.7 Å². The number of carbonyl (C=O) groups excluding carboxylic acids is 1. The fourth-order valence-electron chi connectivity index (χ4n) is 3.62. The van der Waals surface area contributed by atoms with Crippen molar-refractivity contribution < 1.29 is 9.53 Å². The van der Waals surface area contributed by atoms with E-state index >= 15 is 0 Å². The molecule has 0 unspecified atom stereocenters. The van der Waals surface area contributed by atoms with E-state index in [0.29, 0.717) is 17.7 Å². The van der Waals surface area contributed by atoms with Gasteiger partial charge in [0.2, 0.25) is 17.7 Å². The van der Waals surface area contributed by atoms with Crippen LogP contribution in [-0.4, -0.2) is 47.5 Å². The Labute approximate surface area is 151 Å². The molecule has 7 heteroatoms. The van der Waals surface area contributed by atoms with Crippen molar-refractivity contribution >= 4 is 23.2 Å². The van der Waals surface area contributed by atoms with Gasteiger partial charge in [-0.05, 0) is 36.3 Å². The summed E-state index contributed by atoms with van der Waals surface area (Å²) in [6.07, 6.45) is 4.42. The zero-order valence-corrected chi connectivity index (χ0v) is 15.2. The van der Waals surface area contributed by atoms with Crippen LogP contribution in [0.25, 0.3) is 0 Å². The second-order valence-corrected chi connectivity index (χ2v) is 7.54. The molecule has 2 aromatic rings. The molecule has 0 bridgehead atoms. The lowest BCUT2D eigenvalue weighted by molar-refractivity contribution is -0.137. The standard InChI is InChI=1S/C18H22N4O2S/c1-24-16-2-7-19-18(20-16)21-8-3-13(4-9-21)17(23)22-10-5-15-14(12-22)6-11-25-15/h2,6-7,11,13H,3-5,8-10,12H2,1H3. The van der Waals surface area contributed by atoms with Crippen LogP contribution in [0.5, 0.6) is 5.88 Å². The first kappa shape index (κ1) is 16.3. The van der Waals surface area contributed by atoms with E-state index in [-0.39, 0.29) is 5.92 Å². The van der Waals surface area contributed by atoms with Gasteiger partial charge in [-0.25, -0.2) is 4.98 Å². The van der Waals surface area contributed by atoms with E-state index in [2.05, 4.69) is 26.3 Å². The van der Waals surface area contributed by atoms with Crippen LogP contribution in [0.2, 0.25) is 0 Å². The third-order valence-electron chi connectivity index (χ3n) is 5.07. The van der Waals surface area contributed by atoms with Gasteiger partial charge >= 0.3 is 0 Å². The minimum Gasteiger partial charge on any atom is -0.481 e. The molecule has 0 radical (unpaired) electrons. The predicted octanol–water partition coefficient (Wildman–Crippen LogP) is 2.35. The maximum Gasteiger partial charge on any atom is 0.228 e. The van der Waals surface area contributed by atoms with Crippen molar-refractivity contribution in [2.24, 2.45) is 5.92 Å². The van der Waals surface area contributed by atoms with Crippen LogP contribution in [-0.2, 0) is 17.8 Å². The molecule has 4 rings (SSSR count). The number of piperidine rings is 1. The fraction of sp³-hybridized carbons (Fsp3) is 0.500. The number of nitrogens with zero attached hydrogens (tertiary/aromatic N) is 4. The molecule has 4 heterocycles. The van der Waals surface area contributed by atoms with Crippen LogP contribution in [0.4, 0.5) is 5.95 Å². The average molecular weight is 358 g/mol. The molecule has 1 saturated heterocycles. The molecule has 132 valence electrons. The normalized spacial score (nSPS) is 18.1. The van der Waals surface area contributed by atoms with Crippen molar-refractivity contribution in [3.63, 3.8) is 0 Å². The number of hydrogen-bond acceptors (Lipinski definition) is 6. The lowest BCUT2D eigenvalue weighted by Gasteiger charge is -2.35. The van der Waals surface area contributed by atoms with Gasteiger partial charge in [0.25, 0.3) is 0 Å². The molecule has 0 aliphatic carbocycles. The lowest BCUT2D eigenvalue weighted by atomic mass is 9.94. The summed E-state index contributed by atoms with van der Waals surface area (Å²) in [4.78, 5) is 27.2. The zero-order valence-electron chi connectivity index (χ0n) is 14.4. The van der Waals surface area contributed by atoms with Crippen LogP contribution in [0.3, 0.4) is 0 Å². The highest BCUT2D eigenvalue weighted by atomic mass is 32.1. The summed E-state index contributed by atoms with van der Waals surface area (Å²) in [6.45, 7) is 3.24.